The molecule has 3 rings (SSSR count). The highest BCUT2D eigenvalue weighted by atomic mass is 32.2. The van der Waals surface area contributed by atoms with Gasteiger partial charge in [-0.05, 0) is 55.2 Å². The third-order valence-electron chi connectivity index (χ3n) is 6.19. The van der Waals surface area contributed by atoms with E-state index in [1.165, 1.54) is 45.4 Å². The minimum absolute atomic E-state index is 0.0186. The van der Waals surface area contributed by atoms with Crippen molar-refractivity contribution in [1.29, 1.82) is 0 Å². The molecule has 0 N–H and O–H groups in total. The van der Waals surface area contributed by atoms with Gasteiger partial charge in [0.05, 0.1) is 36.4 Å². The second-order valence-electron chi connectivity index (χ2n) is 10.1. The van der Waals surface area contributed by atoms with Crippen molar-refractivity contribution in [3.63, 3.8) is 0 Å². The topological polar surface area (TPSA) is 112 Å². The van der Waals surface area contributed by atoms with E-state index >= 15 is 0 Å². The molecule has 0 saturated carbocycles. The maximum atomic E-state index is 13.7. The fraction of sp³-hybridized carbons (Fsp3) is 0.345. The molecule has 0 aliphatic heterocycles. The summed E-state index contributed by atoms with van der Waals surface area (Å²) in [6.45, 7) is 9.02. The normalized spacial score (nSPS) is 12.6. The van der Waals surface area contributed by atoms with Crippen LogP contribution in [0.3, 0.4) is 0 Å². The van der Waals surface area contributed by atoms with Crippen molar-refractivity contribution in [3.8, 4) is 11.6 Å². The van der Waals surface area contributed by atoms with E-state index in [-0.39, 0.29) is 27.4 Å². The van der Waals surface area contributed by atoms with E-state index in [9.17, 15) is 18.0 Å². The first-order valence-electron chi connectivity index (χ1n) is 12.3. The predicted molar refractivity (Wildman–Crippen MR) is 146 cm³/mol. The lowest BCUT2D eigenvalue weighted by Crippen LogP contribution is -2.39. The molecule has 1 heterocycles. The van der Waals surface area contributed by atoms with Gasteiger partial charge < -0.3 is 14.2 Å². The number of carbonyl (C=O) groups is 2. The van der Waals surface area contributed by atoms with Crippen LogP contribution in [0, 0.1) is 6.92 Å². The van der Waals surface area contributed by atoms with Gasteiger partial charge in [-0.25, -0.2) is 18.2 Å². The zero-order chi connectivity index (χ0) is 29.0. The van der Waals surface area contributed by atoms with Gasteiger partial charge in [-0.1, -0.05) is 50.6 Å². The van der Waals surface area contributed by atoms with Crippen LogP contribution in [0.15, 0.2) is 65.6 Å². The van der Waals surface area contributed by atoms with Gasteiger partial charge in [0.2, 0.25) is 15.9 Å². The van der Waals surface area contributed by atoms with Crippen molar-refractivity contribution in [2.75, 3.05) is 20.8 Å². The Balaban J connectivity index is 2.11. The van der Waals surface area contributed by atoms with E-state index in [2.05, 4.69) is 25.8 Å². The Hall–Kier alpha value is -3.76. The average molecular weight is 555 g/mol. The van der Waals surface area contributed by atoms with Crippen LogP contribution in [0.25, 0.3) is 0 Å². The van der Waals surface area contributed by atoms with E-state index in [0.717, 1.165) is 15.4 Å². The van der Waals surface area contributed by atoms with Crippen molar-refractivity contribution in [3.05, 3.63) is 83.0 Å². The van der Waals surface area contributed by atoms with Crippen molar-refractivity contribution >= 4 is 22.0 Å². The first kappa shape index (κ1) is 29.8. The number of esters is 2. The van der Waals surface area contributed by atoms with Crippen LogP contribution in [-0.4, -0.2) is 50.4 Å². The number of sulfonamides is 1. The highest BCUT2D eigenvalue weighted by Gasteiger charge is 2.35. The van der Waals surface area contributed by atoms with Crippen LogP contribution < -0.4 is 4.74 Å². The third-order valence-corrected chi connectivity index (χ3v) is 8.13. The summed E-state index contributed by atoms with van der Waals surface area (Å²) in [7, 11) is -1.83. The number of nitrogens with zero attached hydrogens (tertiary/aromatic N) is 2. The maximum absolute atomic E-state index is 13.7. The highest BCUT2D eigenvalue weighted by molar-refractivity contribution is 7.89. The van der Waals surface area contributed by atoms with Gasteiger partial charge in [0.25, 0.3) is 0 Å². The summed E-state index contributed by atoms with van der Waals surface area (Å²) in [5.41, 5.74) is 1.91. The van der Waals surface area contributed by atoms with Crippen molar-refractivity contribution in [2.24, 2.45) is 0 Å². The van der Waals surface area contributed by atoms with Gasteiger partial charge in [-0.15, -0.1) is 0 Å². The quantitative estimate of drug-likeness (QED) is 0.332. The first-order chi connectivity index (χ1) is 18.3. The molecular weight excluding hydrogens is 520 g/mol. The first-order valence-corrected chi connectivity index (χ1v) is 13.7. The van der Waals surface area contributed by atoms with Crippen molar-refractivity contribution in [1.82, 2.24) is 9.29 Å². The number of aryl methyl sites for hydroxylation is 1. The third kappa shape index (κ3) is 7.01. The monoisotopic (exact) mass is 554 g/mol. The Kier molecular flexibility index (Phi) is 9.14. The van der Waals surface area contributed by atoms with E-state index < -0.39 is 34.5 Å². The summed E-state index contributed by atoms with van der Waals surface area (Å²) < 4.78 is 44.1. The van der Waals surface area contributed by atoms with Crippen LogP contribution in [-0.2, 0) is 29.7 Å². The van der Waals surface area contributed by atoms with Crippen LogP contribution >= 0.6 is 0 Å². The summed E-state index contributed by atoms with van der Waals surface area (Å²) >= 11 is 0. The predicted octanol–water partition coefficient (Wildman–Crippen LogP) is 5.19. The number of methoxy groups -OCH3 is 2. The lowest BCUT2D eigenvalue weighted by molar-refractivity contribution is -0.141. The van der Waals surface area contributed by atoms with Crippen LogP contribution in [0.1, 0.15) is 60.9 Å². The Morgan fingerprint density at radius 3 is 2.23 bits per heavy atom. The van der Waals surface area contributed by atoms with Gasteiger partial charge in [-0.2, -0.15) is 4.31 Å². The minimum atomic E-state index is -4.21. The molecule has 10 heteroatoms. The van der Waals surface area contributed by atoms with Crippen LogP contribution in [0.5, 0.6) is 11.6 Å². The van der Waals surface area contributed by atoms with Crippen molar-refractivity contribution in [2.45, 2.75) is 51.0 Å². The van der Waals surface area contributed by atoms with Gasteiger partial charge in [-0.3, -0.25) is 4.79 Å². The molecule has 0 bridgehead atoms. The molecule has 0 radical (unpaired) electrons. The number of rotatable bonds is 9. The molecule has 0 aliphatic carbocycles. The fourth-order valence-electron chi connectivity index (χ4n) is 3.86. The Morgan fingerprint density at radius 1 is 0.974 bits per heavy atom. The molecule has 39 heavy (non-hydrogen) atoms. The summed E-state index contributed by atoms with van der Waals surface area (Å²) in [4.78, 5) is 29.5. The Bertz CT molecular complexity index is 1450. The van der Waals surface area contributed by atoms with Crippen LogP contribution in [0.2, 0.25) is 0 Å². The molecule has 0 spiro atoms. The molecule has 1 aromatic heterocycles. The average Bonchev–Trinajstić information content (AvgIpc) is 2.90. The molecule has 1 atom stereocenters. The molecule has 1 unspecified atom stereocenters. The second-order valence-corrected chi connectivity index (χ2v) is 12.0. The Labute approximate surface area is 229 Å². The minimum Gasteiger partial charge on any atom is -0.468 e. The molecular formula is C29H34N2O7S. The number of carbonyl (C=O) groups excluding carboxylic acids is 2. The maximum Gasteiger partial charge on any atom is 0.339 e. The van der Waals surface area contributed by atoms with Crippen LogP contribution in [0.4, 0.5) is 0 Å². The molecule has 3 aromatic rings. The second kappa shape index (κ2) is 12.0. The summed E-state index contributed by atoms with van der Waals surface area (Å²) in [5.74, 6) is -0.820. The van der Waals surface area contributed by atoms with Crippen molar-refractivity contribution < 1.29 is 32.2 Å². The van der Waals surface area contributed by atoms with Gasteiger partial charge >= 0.3 is 11.9 Å². The number of hydrogen-bond acceptors (Lipinski definition) is 8. The number of aromatic nitrogens is 1. The van der Waals surface area contributed by atoms with Gasteiger partial charge in [0.1, 0.15) is 12.3 Å². The SMILES string of the molecule is COC(=O)CN(C(C)c1nc(Oc2cccc(C(C)(C)C)c2)ccc1C(=O)OC)S(=O)(=O)c1ccc(C)cc1. The molecule has 0 fully saturated rings. The standard InChI is InChI=1S/C29H34N2O7S/c1-19-11-13-23(14-12-19)39(34,35)31(18-26(32)36-6)20(2)27-24(28(33)37-7)15-16-25(30-27)38-22-10-8-9-21(17-22)29(3,4)5/h8-17,20H,18H2,1-7H3. The van der Waals surface area contributed by atoms with E-state index in [1.54, 1.807) is 18.2 Å². The molecule has 0 amide bonds. The number of pyridine rings is 1. The zero-order valence-electron chi connectivity index (χ0n) is 23.2. The summed E-state index contributed by atoms with van der Waals surface area (Å²) in [6, 6.07) is 15.7. The molecule has 0 aliphatic rings. The number of ether oxygens (including phenoxy) is 3. The van der Waals surface area contributed by atoms with E-state index in [1.807, 2.05) is 25.1 Å². The lowest BCUT2D eigenvalue weighted by atomic mass is 9.87. The molecule has 2 aromatic carbocycles. The fourth-order valence-corrected chi connectivity index (χ4v) is 5.41. The van der Waals surface area contributed by atoms with Gasteiger partial charge in [0, 0.05) is 6.07 Å². The lowest BCUT2D eigenvalue weighted by Gasteiger charge is -2.28. The number of hydrogen-bond donors (Lipinski definition) is 0. The number of benzene rings is 2. The molecule has 9 nitrogen and oxygen atoms in total. The highest BCUT2D eigenvalue weighted by Crippen LogP contribution is 2.32. The molecule has 0 saturated heterocycles. The Morgan fingerprint density at radius 2 is 1.64 bits per heavy atom. The largest absolute Gasteiger partial charge is 0.468 e. The summed E-state index contributed by atoms with van der Waals surface area (Å²) in [5, 5.41) is 0. The van der Waals surface area contributed by atoms with E-state index in [0.29, 0.717) is 5.75 Å². The molecule has 208 valence electrons. The van der Waals surface area contributed by atoms with Gasteiger partial charge in [0.15, 0.2) is 0 Å². The zero-order valence-corrected chi connectivity index (χ0v) is 24.0. The smallest absolute Gasteiger partial charge is 0.339 e. The summed E-state index contributed by atoms with van der Waals surface area (Å²) in [6.07, 6.45) is 0. The van der Waals surface area contributed by atoms with E-state index in [4.69, 9.17) is 14.2 Å².